The molecule has 84 valence electrons. The van der Waals surface area contributed by atoms with E-state index in [9.17, 15) is 0 Å². The van der Waals surface area contributed by atoms with Gasteiger partial charge in [0.25, 0.3) is 5.22 Å². The van der Waals surface area contributed by atoms with Gasteiger partial charge in [0.2, 0.25) is 0 Å². The molecule has 2 rings (SSSR count). The van der Waals surface area contributed by atoms with Crippen LogP contribution in [0.2, 0.25) is 0 Å². The zero-order chi connectivity index (χ0) is 11.4. The third-order valence-electron chi connectivity index (χ3n) is 2.15. The van der Waals surface area contributed by atoms with E-state index in [-0.39, 0.29) is 11.3 Å². The summed E-state index contributed by atoms with van der Waals surface area (Å²) in [5.74, 6) is 0. The number of rotatable bonds is 4. The lowest BCUT2D eigenvalue weighted by molar-refractivity contribution is 0.452. The number of oxazole rings is 1. The minimum atomic E-state index is 0.0132. The number of nitrogens with two attached hydrogens (primary N) is 1. The van der Waals surface area contributed by atoms with E-state index in [2.05, 4.69) is 9.97 Å². The molecule has 5 heteroatoms. The van der Waals surface area contributed by atoms with Gasteiger partial charge in [0.15, 0.2) is 0 Å². The average Bonchev–Trinajstić information content (AvgIpc) is 2.79. The fourth-order valence-electron chi connectivity index (χ4n) is 1.41. The second kappa shape index (κ2) is 5.14. The summed E-state index contributed by atoms with van der Waals surface area (Å²) in [6.07, 6.45) is 6.72. The number of nitrogens with zero attached hydrogens (tertiary/aromatic N) is 2. The van der Waals surface area contributed by atoms with Crippen LogP contribution in [0.15, 0.2) is 46.6 Å². The quantitative estimate of drug-likeness (QED) is 0.823. The molecule has 2 N–H and O–H groups in total. The molecule has 0 fully saturated rings. The summed E-state index contributed by atoms with van der Waals surface area (Å²) in [6.45, 7) is 1.97. The Morgan fingerprint density at radius 2 is 2.06 bits per heavy atom. The summed E-state index contributed by atoms with van der Waals surface area (Å²) < 4.78 is 5.22. The lowest BCUT2D eigenvalue weighted by Gasteiger charge is -2.18. The van der Waals surface area contributed by atoms with Crippen molar-refractivity contribution in [1.82, 2.24) is 9.97 Å². The molecule has 0 saturated heterocycles. The lowest BCUT2D eigenvalue weighted by atomic mass is 10.1. The fourth-order valence-corrected chi connectivity index (χ4v) is 2.37. The van der Waals surface area contributed by atoms with Crippen LogP contribution in [0.4, 0.5) is 0 Å². The molecule has 0 aliphatic heterocycles. The summed E-state index contributed by atoms with van der Waals surface area (Å²) in [6, 6.07) is 3.94. The molecule has 2 aromatic heterocycles. The van der Waals surface area contributed by atoms with Crippen molar-refractivity contribution in [2.45, 2.75) is 23.4 Å². The van der Waals surface area contributed by atoms with Crippen LogP contribution in [-0.4, -0.2) is 16.0 Å². The molecule has 4 nitrogen and oxygen atoms in total. The van der Waals surface area contributed by atoms with Crippen LogP contribution in [0.1, 0.15) is 17.7 Å². The van der Waals surface area contributed by atoms with Gasteiger partial charge in [-0.2, -0.15) is 0 Å². The topological polar surface area (TPSA) is 64.9 Å². The van der Waals surface area contributed by atoms with Crippen molar-refractivity contribution in [3.8, 4) is 0 Å². The molecule has 16 heavy (non-hydrogen) atoms. The Balaban J connectivity index is 2.18. The van der Waals surface area contributed by atoms with Gasteiger partial charge in [-0.1, -0.05) is 11.8 Å². The van der Waals surface area contributed by atoms with Gasteiger partial charge in [0.1, 0.15) is 6.26 Å². The third-order valence-corrected chi connectivity index (χ3v) is 3.51. The molecule has 2 unspecified atom stereocenters. The molecule has 2 atom stereocenters. The van der Waals surface area contributed by atoms with E-state index in [4.69, 9.17) is 10.2 Å². The van der Waals surface area contributed by atoms with E-state index in [1.165, 1.54) is 11.8 Å². The molecule has 2 heterocycles. The Morgan fingerprint density at radius 3 is 2.62 bits per heavy atom. The summed E-state index contributed by atoms with van der Waals surface area (Å²) in [7, 11) is 0. The Hall–Kier alpha value is -1.33. The average molecular weight is 235 g/mol. The smallest absolute Gasteiger partial charge is 0.256 e. The van der Waals surface area contributed by atoms with Crippen LogP contribution in [0.3, 0.4) is 0 Å². The van der Waals surface area contributed by atoms with Crippen molar-refractivity contribution in [3.05, 3.63) is 42.5 Å². The molecule has 2 aromatic rings. The normalized spacial score (nSPS) is 14.6. The Kier molecular flexibility index (Phi) is 3.58. The highest BCUT2D eigenvalue weighted by molar-refractivity contribution is 7.99. The molecule has 0 radical (unpaired) electrons. The number of pyridine rings is 1. The molecule has 0 aliphatic rings. The van der Waals surface area contributed by atoms with Crippen LogP contribution in [-0.2, 0) is 0 Å². The van der Waals surface area contributed by atoms with Crippen molar-refractivity contribution in [1.29, 1.82) is 0 Å². The monoisotopic (exact) mass is 235 g/mol. The van der Waals surface area contributed by atoms with Crippen LogP contribution in [0.5, 0.6) is 0 Å². The first-order valence-corrected chi connectivity index (χ1v) is 5.87. The minimum Gasteiger partial charge on any atom is -0.440 e. The van der Waals surface area contributed by atoms with Gasteiger partial charge < -0.3 is 10.2 Å². The highest BCUT2D eigenvalue weighted by atomic mass is 32.2. The maximum absolute atomic E-state index is 5.97. The fraction of sp³-hybridized carbons (Fsp3) is 0.273. The van der Waals surface area contributed by atoms with E-state index in [1.54, 1.807) is 24.9 Å². The molecular weight excluding hydrogens is 222 g/mol. The van der Waals surface area contributed by atoms with Crippen LogP contribution < -0.4 is 5.73 Å². The SMILES string of the molecule is CC(N)C(Sc1ncco1)c1ccncc1. The zero-order valence-corrected chi connectivity index (χ0v) is 9.72. The molecule has 0 bridgehead atoms. The minimum absolute atomic E-state index is 0.0132. The van der Waals surface area contributed by atoms with E-state index in [1.807, 2.05) is 19.1 Å². The second-order valence-corrected chi connectivity index (χ2v) is 4.57. The zero-order valence-electron chi connectivity index (χ0n) is 8.91. The highest BCUT2D eigenvalue weighted by Crippen LogP contribution is 2.35. The maximum Gasteiger partial charge on any atom is 0.256 e. The van der Waals surface area contributed by atoms with Gasteiger partial charge in [0.05, 0.1) is 11.4 Å². The standard InChI is InChI=1S/C11H13N3OS/c1-8(12)10(9-2-4-13-5-3-9)16-11-14-6-7-15-11/h2-8,10H,12H2,1H3. The van der Waals surface area contributed by atoms with Crippen LogP contribution in [0, 0.1) is 0 Å². The van der Waals surface area contributed by atoms with Crippen molar-refractivity contribution in [2.75, 3.05) is 0 Å². The first-order valence-electron chi connectivity index (χ1n) is 4.99. The van der Waals surface area contributed by atoms with Crippen LogP contribution >= 0.6 is 11.8 Å². The lowest BCUT2D eigenvalue weighted by Crippen LogP contribution is -2.22. The van der Waals surface area contributed by atoms with E-state index in [0.717, 1.165) is 5.56 Å². The Bertz CT molecular complexity index is 416. The highest BCUT2D eigenvalue weighted by Gasteiger charge is 2.19. The van der Waals surface area contributed by atoms with Gasteiger partial charge in [-0.15, -0.1) is 0 Å². The van der Waals surface area contributed by atoms with Crippen molar-refractivity contribution in [2.24, 2.45) is 5.73 Å². The van der Waals surface area contributed by atoms with Crippen molar-refractivity contribution in [3.63, 3.8) is 0 Å². The molecular formula is C11H13N3OS. The Morgan fingerprint density at radius 1 is 1.31 bits per heavy atom. The summed E-state index contributed by atoms with van der Waals surface area (Å²) >= 11 is 1.53. The number of aromatic nitrogens is 2. The third kappa shape index (κ3) is 2.62. The number of hydrogen-bond donors (Lipinski definition) is 1. The van der Waals surface area contributed by atoms with Gasteiger partial charge in [-0.25, -0.2) is 4.98 Å². The maximum atomic E-state index is 5.97. The van der Waals surface area contributed by atoms with Gasteiger partial charge in [-0.3, -0.25) is 4.98 Å². The van der Waals surface area contributed by atoms with E-state index >= 15 is 0 Å². The molecule has 0 aromatic carbocycles. The molecule has 0 amide bonds. The summed E-state index contributed by atoms with van der Waals surface area (Å²) in [5, 5.41) is 0.765. The number of thioether (sulfide) groups is 1. The van der Waals surface area contributed by atoms with Crippen molar-refractivity contribution >= 4 is 11.8 Å². The largest absolute Gasteiger partial charge is 0.440 e. The number of hydrogen-bond acceptors (Lipinski definition) is 5. The Labute approximate surface area is 98.3 Å². The van der Waals surface area contributed by atoms with Gasteiger partial charge >= 0.3 is 0 Å². The van der Waals surface area contributed by atoms with Gasteiger partial charge in [0, 0.05) is 18.4 Å². The predicted molar refractivity (Wildman–Crippen MR) is 63.0 cm³/mol. The first-order chi connectivity index (χ1) is 7.77. The first kappa shape index (κ1) is 11.2. The van der Waals surface area contributed by atoms with E-state index in [0.29, 0.717) is 5.22 Å². The van der Waals surface area contributed by atoms with E-state index < -0.39 is 0 Å². The summed E-state index contributed by atoms with van der Waals surface area (Å²) in [4.78, 5) is 8.08. The van der Waals surface area contributed by atoms with Crippen molar-refractivity contribution < 1.29 is 4.42 Å². The molecule has 0 saturated carbocycles. The van der Waals surface area contributed by atoms with Gasteiger partial charge in [-0.05, 0) is 24.6 Å². The van der Waals surface area contributed by atoms with Crippen LogP contribution in [0.25, 0.3) is 0 Å². The molecule has 0 spiro atoms. The second-order valence-electron chi connectivity index (χ2n) is 3.48. The predicted octanol–water partition coefficient (Wildman–Crippen LogP) is 2.25. The summed E-state index contributed by atoms with van der Waals surface area (Å²) in [5.41, 5.74) is 7.11. The molecule has 0 aliphatic carbocycles.